The molecule has 0 saturated heterocycles. The Balaban J connectivity index is 0.00000220. The zero-order chi connectivity index (χ0) is 14.4. The lowest BCUT2D eigenvalue weighted by Crippen LogP contribution is -2.37. The van der Waals surface area contributed by atoms with Crippen LogP contribution in [0.3, 0.4) is 0 Å². The largest absolute Gasteiger partial charge is 0.356 e. The summed E-state index contributed by atoms with van der Waals surface area (Å²) in [6, 6.07) is 5.18. The number of hydrogen-bond donors (Lipinski definition) is 2. The minimum absolute atomic E-state index is 0. The first-order chi connectivity index (χ1) is 9.69. The van der Waals surface area contributed by atoms with Crippen LogP contribution in [-0.4, -0.2) is 19.6 Å². The van der Waals surface area contributed by atoms with Crippen molar-refractivity contribution in [2.75, 3.05) is 13.6 Å². The van der Waals surface area contributed by atoms with Crippen LogP contribution in [-0.2, 0) is 6.54 Å². The van der Waals surface area contributed by atoms with E-state index >= 15 is 0 Å². The lowest BCUT2D eigenvalue weighted by atomic mass is 10.1. The van der Waals surface area contributed by atoms with Gasteiger partial charge in [0.25, 0.3) is 0 Å². The van der Waals surface area contributed by atoms with Gasteiger partial charge in [-0.25, -0.2) is 4.39 Å². The van der Waals surface area contributed by atoms with Crippen molar-refractivity contribution >= 4 is 29.9 Å². The van der Waals surface area contributed by atoms with Crippen LogP contribution in [0.1, 0.15) is 36.8 Å². The van der Waals surface area contributed by atoms with E-state index in [1.165, 1.54) is 31.7 Å². The molecule has 1 saturated carbocycles. The van der Waals surface area contributed by atoms with Gasteiger partial charge in [0.1, 0.15) is 5.82 Å². The van der Waals surface area contributed by atoms with Gasteiger partial charge in [0.15, 0.2) is 5.96 Å². The molecule has 0 bridgehead atoms. The third-order valence-electron chi connectivity index (χ3n) is 3.68. The van der Waals surface area contributed by atoms with E-state index in [-0.39, 0.29) is 29.8 Å². The number of halogens is 2. The summed E-state index contributed by atoms with van der Waals surface area (Å²) in [6.07, 6.45) is 5.34. The molecule has 0 spiro atoms. The van der Waals surface area contributed by atoms with Crippen molar-refractivity contribution in [2.24, 2.45) is 10.9 Å². The number of guanidine groups is 1. The lowest BCUT2D eigenvalue weighted by molar-refractivity contribution is 0.617. The minimum atomic E-state index is -0.156. The standard InChI is InChI=1S/C16H24FN3.HI/c1-12-10-14(7-8-15(12)17)11-20-16(18-2)19-9-3-4-13-5-6-13;/h7-8,10,13H,3-6,9,11H2,1-2H3,(H2,18,19,20);1H. The maximum absolute atomic E-state index is 13.2. The Kier molecular flexibility index (Phi) is 8.00. The third-order valence-corrected chi connectivity index (χ3v) is 3.68. The molecule has 118 valence electrons. The van der Waals surface area contributed by atoms with Crippen LogP contribution < -0.4 is 10.6 Å². The van der Waals surface area contributed by atoms with Gasteiger partial charge < -0.3 is 10.6 Å². The van der Waals surface area contributed by atoms with Crippen LogP contribution in [0, 0.1) is 18.7 Å². The van der Waals surface area contributed by atoms with Gasteiger partial charge in [0, 0.05) is 20.1 Å². The van der Waals surface area contributed by atoms with Crippen molar-refractivity contribution in [3.8, 4) is 0 Å². The quantitative estimate of drug-likeness (QED) is 0.328. The Hall–Kier alpha value is -0.850. The van der Waals surface area contributed by atoms with Crippen LogP contribution in [0.5, 0.6) is 0 Å². The van der Waals surface area contributed by atoms with Gasteiger partial charge in [-0.2, -0.15) is 0 Å². The highest BCUT2D eigenvalue weighted by atomic mass is 127. The molecule has 0 atom stereocenters. The van der Waals surface area contributed by atoms with Gasteiger partial charge in [-0.3, -0.25) is 4.99 Å². The first kappa shape index (κ1) is 18.2. The molecule has 3 nitrogen and oxygen atoms in total. The normalized spacial score (nSPS) is 14.5. The van der Waals surface area contributed by atoms with E-state index < -0.39 is 0 Å². The first-order valence-electron chi connectivity index (χ1n) is 7.38. The zero-order valence-electron chi connectivity index (χ0n) is 12.8. The molecule has 0 aromatic heterocycles. The Morgan fingerprint density at radius 2 is 2.10 bits per heavy atom. The summed E-state index contributed by atoms with van der Waals surface area (Å²) < 4.78 is 13.2. The number of aliphatic imine (C=N–C) groups is 1. The smallest absolute Gasteiger partial charge is 0.191 e. The van der Waals surface area contributed by atoms with Gasteiger partial charge in [-0.1, -0.05) is 25.0 Å². The van der Waals surface area contributed by atoms with E-state index in [2.05, 4.69) is 15.6 Å². The van der Waals surface area contributed by atoms with Crippen molar-refractivity contribution in [1.82, 2.24) is 10.6 Å². The zero-order valence-corrected chi connectivity index (χ0v) is 15.1. The molecule has 0 heterocycles. The predicted octanol–water partition coefficient (Wildman–Crippen LogP) is 3.61. The van der Waals surface area contributed by atoms with Crippen LogP contribution in [0.25, 0.3) is 0 Å². The number of nitrogens with one attached hydrogen (secondary N) is 2. The molecule has 0 amide bonds. The number of benzene rings is 1. The highest BCUT2D eigenvalue weighted by Crippen LogP contribution is 2.33. The summed E-state index contributed by atoms with van der Waals surface area (Å²) in [5.74, 6) is 1.63. The fourth-order valence-electron chi connectivity index (χ4n) is 2.23. The summed E-state index contributed by atoms with van der Waals surface area (Å²) in [7, 11) is 1.77. The fraction of sp³-hybridized carbons (Fsp3) is 0.562. The molecular weight excluding hydrogens is 380 g/mol. The summed E-state index contributed by atoms with van der Waals surface area (Å²) >= 11 is 0. The molecule has 1 aliphatic rings. The lowest BCUT2D eigenvalue weighted by Gasteiger charge is -2.12. The van der Waals surface area contributed by atoms with Crippen molar-refractivity contribution in [3.63, 3.8) is 0 Å². The van der Waals surface area contributed by atoms with Gasteiger partial charge in [0.05, 0.1) is 0 Å². The van der Waals surface area contributed by atoms with E-state index in [1.807, 2.05) is 6.07 Å². The Labute approximate surface area is 143 Å². The molecule has 1 aromatic carbocycles. The Bertz CT molecular complexity index is 473. The SMILES string of the molecule is CN=C(NCCCC1CC1)NCc1ccc(F)c(C)c1.I. The molecule has 0 aliphatic heterocycles. The average Bonchev–Trinajstić information content (AvgIpc) is 3.26. The summed E-state index contributed by atoms with van der Waals surface area (Å²) in [6.45, 7) is 3.39. The highest BCUT2D eigenvalue weighted by molar-refractivity contribution is 14.0. The minimum Gasteiger partial charge on any atom is -0.356 e. The van der Waals surface area contributed by atoms with E-state index in [9.17, 15) is 4.39 Å². The number of rotatable bonds is 6. The topological polar surface area (TPSA) is 36.4 Å². The Morgan fingerprint density at radius 1 is 1.33 bits per heavy atom. The number of hydrogen-bond acceptors (Lipinski definition) is 1. The fourth-order valence-corrected chi connectivity index (χ4v) is 2.23. The molecule has 0 unspecified atom stereocenters. The Morgan fingerprint density at radius 3 is 2.71 bits per heavy atom. The predicted molar refractivity (Wildman–Crippen MR) is 96.7 cm³/mol. The van der Waals surface area contributed by atoms with Crippen LogP contribution in [0.15, 0.2) is 23.2 Å². The summed E-state index contributed by atoms with van der Waals surface area (Å²) in [5, 5.41) is 6.57. The van der Waals surface area contributed by atoms with Gasteiger partial charge in [-0.15, -0.1) is 24.0 Å². The van der Waals surface area contributed by atoms with Crippen LogP contribution in [0.4, 0.5) is 4.39 Å². The maximum atomic E-state index is 13.2. The molecular formula is C16H25FIN3. The van der Waals surface area contributed by atoms with E-state index in [0.29, 0.717) is 12.1 Å². The molecule has 21 heavy (non-hydrogen) atoms. The molecule has 1 aliphatic carbocycles. The second-order valence-electron chi connectivity index (χ2n) is 5.52. The first-order valence-corrected chi connectivity index (χ1v) is 7.38. The highest BCUT2D eigenvalue weighted by Gasteiger charge is 2.19. The average molecular weight is 405 g/mol. The van der Waals surface area contributed by atoms with Crippen molar-refractivity contribution in [1.29, 1.82) is 0 Å². The third kappa shape index (κ3) is 6.63. The summed E-state index contributed by atoms with van der Waals surface area (Å²) in [4.78, 5) is 4.20. The van der Waals surface area contributed by atoms with Crippen molar-refractivity contribution in [2.45, 2.75) is 39.2 Å². The second-order valence-corrected chi connectivity index (χ2v) is 5.52. The molecule has 2 rings (SSSR count). The van der Waals surface area contributed by atoms with Gasteiger partial charge >= 0.3 is 0 Å². The van der Waals surface area contributed by atoms with Gasteiger partial charge in [-0.05, 0) is 42.9 Å². The van der Waals surface area contributed by atoms with Crippen molar-refractivity contribution in [3.05, 3.63) is 35.1 Å². The maximum Gasteiger partial charge on any atom is 0.191 e. The van der Waals surface area contributed by atoms with Crippen molar-refractivity contribution < 1.29 is 4.39 Å². The molecule has 0 radical (unpaired) electrons. The molecule has 1 aromatic rings. The van der Waals surface area contributed by atoms with E-state index in [1.54, 1.807) is 20.0 Å². The second kappa shape index (κ2) is 9.23. The number of nitrogens with zero attached hydrogens (tertiary/aromatic N) is 1. The van der Waals surface area contributed by atoms with E-state index in [4.69, 9.17) is 0 Å². The van der Waals surface area contributed by atoms with Crippen LogP contribution in [0.2, 0.25) is 0 Å². The summed E-state index contributed by atoms with van der Waals surface area (Å²) in [5.41, 5.74) is 1.74. The van der Waals surface area contributed by atoms with Gasteiger partial charge in [0.2, 0.25) is 0 Å². The molecule has 5 heteroatoms. The molecule has 2 N–H and O–H groups in total. The number of aryl methyl sites for hydroxylation is 1. The monoisotopic (exact) mass is 405 g/mol. The molecule has 1 fully saturated rings. The van der Waals surface area contributed by atoms with E-state index in [0.717, 1.165) is 24.0 Å². The van der Waals surface area contributed by atoms with Crippen LogP contribution >= 0.6 is 24.0 Å².